The fourth-order valence-electron chi connectivity index (χ4n) is 8.13. The lowest BCUT2D eigenvalue weighted by Crippen LogP contribution is -2.54. The molecule has 5 heteroatoms. The number of hydrogen-bond acceptors (Lipinski definition) is 5. The Morgan fingerprint density at radius 2 is 1.07 bits per heavy atom. The molecule has 2 saturated carbocycles. The molecule has 4 aliphatic rings. The molecule has 6 rings (SSSR count). The molecule has 6 atom stereocenters. The number of benzene rings is 2. The fourth-order valence-corrected chi connectivity index (χ4v) is 8.13. The van der Waals surface area contributed by atoms with Gasteiger partial charge in [-0.2, -0.15) is 0 Å². The van der Waals surface area contributed by atoms with Gasteiger partial charge in [-0.1, -0.05) is 39.8 Å². The van der Waals surface area contributed by atoms with Crippen molar-refractivity contribution in [3.63, 3.8) is 0 Å². The van der Waals surface area contributed by atoms with Crippen LogP contribution in [0.15, 0.2) is 36.4 Å². The molecule has 2 aromatic rings. The lowest BCUT2D eigenvalue weighted by Gasteiger charge is -2.54. The zero-order valence-corrected chi connectivity index (χ0v) is 26.0. The monoisotopic (exact) mass is 562 g/mol. The van der Waals surface area contributed by atoms with Crippen LogP contribution >= 0.6 is 0 Å². The lowest BCUT2D eigenvalue weighted by molar-refractivity contribution is -0.220. The van der Waals surface area contributed by atoms with Crippen molar-refractivity contribution in [2.24, 2.45) is 35.5 Å². The van der Waals surface area contributed by atoms with Gasteiger partial charge in [-0.25, -0.2) is 0 Å². The van der Waals surface area contributed by atoms with Crippen molar-refractivity contribution >= 4 is 0 Å². The van der Waals surface area contributed by atoms with Crippen LogP contribution in [0.3, 0.4) is 0 Å². The van der Waals surface area contributed by atoms with E-state index in [1.165, 1.54) is 36.8 Å². The third-order valence-electron chi connectivity index (χ3n) is 11.1. The van der Waals surface area contributed by atoms with E-state index in [4.69, 9.17) is 23.7 Å². The molecular weight excluding hydrogens is 512 g/mol. The van der Waals surface area contributed by atoms with Gasteiger partial charge in [0.1, 0.15) is 0 Å². The summed E-state index contributed by atoms with van der Waals surface area (Å²) in [4.78, 5) is 0. The summed E-state index contributed by atoms with van der Waals surface area (Å²) in [6, 6.07) is 13.0. The van der Waals surface area contributed by atoms with Gasteiger partial charge in [0.25, 0.3) is 0 Å². The molecule has 2 aliphatic carbocycles. The Kier molecular flexibility index (Phi) is 7.95. The summed E-state index contributed by atoms with van der Waals surface area (Å²) in [5.41, 5.74) is 2.30. The van der Waals surface area contributed by atoms with E-state index in [2.05, 4.69) is 77.9 Å². The minimum Gasteiger partial charge on any atom is -0.454 e. The summed E-state index contributed by atoms with van der Waals surface area (Å²) >= 11 is 0. The van der Waals surface area contributed by atoms with E-state index in [-0.39, 0.29) is 11.2 Å². The van der Waals surface area contributed by atoms with Crippen molar-refractivity contribution in [3.8, 4) is 23.0 Å². The van der Waals surface area contributed by atoms with Crippen molar-refractivity contribution < 1.29 is 23.7 Å². The first-order valence-electron chi connectivity index (χ1n) is 16.1. The van der Waals surface area contributed by atoms with Crippen LogP contribution in [0.5, 0.6) is 23.0 Å². The first kappa shape index (κ1) is 28.7. The maximum Gasteiger partial charge on any atom is 0.231 e. The van der Waals surface area contributed by atoms with E-state index in [9.17, 15) is 0 Å². The first-order chi connectivity index (χ1) is 19.6. The normalized spacial score (nSPS) is 32.6. The van der Waals surface area contributed by atoms with Crippen molar-refractivity contribution in [2.45, 2.75) is 104 Å². The van der Waals surface area contributed by atoms with Crippen LogP contribution in [0.25, 0.3) is 0 Å². The molecule has 0 N–H and O–H groups in total. The quantitative estimate of drug-likeness (QED) is 0.322. The van der Waals surface area contributed by atoms with Crippen LogP contribution in [0, 0.1) is 35.5 Å². The minimum atomic E-state index is -0.172. The second-order valence-electron chi connectivity index (χ2n) is 14.5. The van der Waals surface area contributed by atoms with E-state index < -0.39 is 0 Å². The zero-order valence-electron chi connectivity index (χ0n) is 26.0. The number of hydrogen-bond donors (Lipinski definition) is 0. The van der Waals surface area contributed by atoms with Crippen molar-refractivity contribution in [3.05, 3.63) is 47.5 Å². The molecular formula is C36H50O5. The van der Waals surface area contributed by atoms with Crippen LogP contribution in [0.4, 0.5) is 0 Å². The fraction of sp³-hybridized carbons (Fsp3) is 0.667. The minimum absolute atomic E-state index is 0.172. The second kappa shape index (κ2) is 11.4. The van der Waals surface area contributed by atoms with E-state index in [0.29, 0.717) is 37.3 Å². The molecule has 0 bridgehead atoms. The topological polar surface area (TPSA) is 46.2 Å². The molecule has 2 aromatic carbocycles. The van der Waals surface area contributed by atoms with Gasteiger partial charge in [0.15, 0.2) is 23.0 Å². The average Bonchev–Trinajstić information content (AvgIpc) is 3.60. The van der Waals surface area contributed by atoms with Crippen LogP contribution in [0.1, 0.15) is 91.2 Å². The predicted octanol–water partition coefficient (Wildman–Crippen LogP) is 8.61. The molecule has 6 unspecified atom stereocenters. The Labute approximate surface area is 247 Å². The Balaban J connectivity index is 1.26. The van der Waals surface area contributed by atoms with Crippen molar-refractivity contribution in [1.29, 1.82) is 0 Å². The van der Waals surface area contributed by atoms with Gasteiger partial charge in [0, 0.05) is 0 Å². The smallest absolute Gasteiger partial charge is 0.231 e. The number of fused-ring (bicyclic) bond motifs is 2. The summed E-state index contributed by atoms with van der Waals surface area (Å²) in [5.74, 6) is 7.23. The molecule has 2 aliphatic heterocycles. The van der Waals surface area contributed by atoms with Gasteiger partial charge in [-0.15, -0.1) is 0 Å². The summed E-state index contributed by atoms with van der Waals surface area (Å²) < 4.78 is 30.3. The first-order valence-corrected chi connectivity index (χ1v) is 16.1. The molecule has 0 aromatic heterocycles. The highest BCUT2D eigenvalue weighted by Gasteiger charge is 2.50. The summed E-state index contributed by atoms with van der Waals surface area (Å²) in [6.45, 7) is 15.1. The largest absolute Gasteiger partial charge is 0.454 e. The molecule has 0 amide bonds. The van der Waals surface area contributed by atoms with Gasteiger partial charge >= 0.3 is 0 Å². The van der Waals surface area contributed by atoms with E-state index >= 15 is 0 Å². The number of rotatable bonds is 8. The maximum atomic E-state index is 7.61. The Hall–Kier alpha value is -2.40. The maximum absolute atomic E-state index is 7.61. The Morgan fingerprint density at radius 3 is 1.49 bits per heavy atom. The number of ether oxygens (including phenoxy) is 5. The Morgan fingerprint density at radius 1 is 0.659 bits per heavy atom. The molecule has 224 valence electrons. The molecule has 5 nitrogen and oxygen atoms in total. The molecule has 41 heavy (non-hydrogen) atoms. The summed E-state index contributed by atoms with van der Waals surface area (Å²) in [5, 5.41) is 0. The summed E-state index contributed by atoms with van der Waals surface area (Å²) in [7, 11) is 0. The SMILES string of the molecule is CC(C)C1CCC(C)(OC2(C)CCC(C(C)C)CC2Cc2ccc3c(c2)OCO3)C(Cc2ccc3c(c2)OCO3)C1. The van der Waals surface area contributed by atoms with Gasteiger partial charge in [-0.05, 0) is 136 Å². The van der Waals surface area contributed by atoms with E-state index in [1.54, 1.807) is 0 Å². The molecule has 0 saturated heterocycles. The predicted molar refractivity (Wildman–Crippen MR) is 162 cm³/mol. The van der Waals surface area contributed by atoms with Gasteiger partial charge in [-0.3, -0.25) is 0 Å². The van der Waals surface area contributed by atoms with Crippen LogP contribution in [-0.4, -0.2) is 24.8 Å². The van der Waals surface area contributed by atoms with Crippen molar-refractivity contribution in [1.82, 2.24) is 0 Å². The van der Waals surface area contributed by atoms with E-state index in [0.717, 1.165) is 60.5 Å². The molecule has 0 radical (unpaired) electrons. The van der Waals surface area contributed by atoms with Gasteiger partial charge < -0.3 is 23.7 Å². The summed E-state index contributed by atoms with van der Waals surface area (Å²) in [6.07, 6.45) is 9.14. The molecule has 2 heterocycles. The highest BCUT2D eigenvalue weighted by Crippen LogP contribution is 2.51. The van der Waals surface area contributed by atoms with Crippen molar-refractivity contribution in [2.75, 3.05) is 13.6 Å². The molecule has 2 fully saturated rings. The Bertz CT molecular complexity index is 1130. The van der Waals surface area contributed by atoms with Gasteiger partial charge in [0.05, 0.1) is 11.2 Å². The standard InChI is InChI=1S/C36H50O5/c1-23(2)27-11-13-35(5,29(19-27)15-25-7-9-31-33(17-25)39-21-37-31)41-36(6)14-12-28(24(3)4)20-30(36)16-26-8-10-32-34(18-26)40-22-38-32/h7-10,17-18,23-24,27-30H,11-16,19-22H2,1-6H3. The highest BCUT2D eigenvalue weighted by atomic mass is 16.7. The molecule has 0 spiro atoms. The van der Waals surface area contributed by atoms with E-state index in [1.807, 2.05) is 0 Å². The van der Waals surface area contributed by atoms with Crippen LogP contribution in [0.2, 0.25) is 0 Å². The second-order valence-corrected chi connectivity index (χ2v) is 14.5. The highest BCUT2D eigenvalue weighted by molar-refractivity contribution is 5.45. The third-order valence-corrected chi connectivity index (χ3v) is 11.1. The third kappa shape index (κ3) is 5.94. The van der Waals surface area contributed by atoms with Crippen LogP contribution in [-0.2, 0) is 17.6 Å². The van der Waals surface area contributed by atoms with Gasteiger partial charge in [0.2, 0.25) is 13.6 Å². The average molecular weight is 563 g/mol. The lowest BCUT2D eigenvalue weighted by atomic mass is 9.64. The van der Waals surface area contributed by atoms with Crippen LogP contribution < -0.4 is 18.9 Å². The zero-order chi connectivity index (χ0) is 28.8.